The average Bonchev–Trinajstić information content (AvgIpc) is 3.04. The van der Waals surface area contributed by atoms with Crippen molar-refractivity contribution in [1.29, 1.82) is 0 Å². The van der Waals surface area contributed by atoms with E-state index >= 15 is 0 Å². The van der Waals surface area contributed by atoms with Crippen molar-refractivity contribution in [2.24, 2.45) is 0 Å². The molecule has 0 aromatic heterocycles. The molecule has 0 N–H and O–H groups in total. The van der Waals surface area contributed by atoms with Gasteiger partial charge in [0.1, 0.15) is 12.0 Å². The fourth-order valence-electron chi connectivity index (χ4n) is 2.97. The number of ether oxygens (including phenoxy) is 1. The SMILES string of the molecule is O=Cc1ccc(C2Oc3ccccc3C3SCCN23)cc1. The summed E-state index contributed by atoms with van der Waals surface area (Å²) in [7, 11) is 0. The van der Waals surface area contributed by atoms with Gasteiger partial charge in [-0.05, 0) is 6.07 Å². The Balaban J connectivity index is 1.74. The quantitative estimate of drug-likeness (QED) is 0.792. The molecule has 3 nitrogen and oxygen atoms in total. The number of benzene rings is 2. The molecule has 2 unspecified atom stereocenters. The van der Waals surface area contributed by atoms with E-state index in [1.54, 1.807) is 0 Å². The molecule has 1 saturated heterocycles. The largest absolute Gasteiger partial charge is 0.470 e. The van der Waals surface area contributed by atoms with Crippen LogP contribution in [0.2, 0.25) is 0 Å². The van der Waals surface area contributed by atoms with Crippen molar-refractivity contribution < 1.29 is 9.53 Å². The lowest BCUT2D eigenvalue weighted by atomic mass is 10.1. The van der Waals surface area contributed by atoms with Crippen molar-refractivity contribution in [1.82, 2.24) is 4.90 Å². The van der Waals surface area contributed by atoms with Crippen LogP contribution in [0.15, 0.2) is 48.5 Å². The summed E-state index contributed by atoms with van der Waals surface area (Å²) < 4.78 is 6.23. The van der Waals surface area contributed by atoms with Gasteiger partial charge in [0, 0.05) is 29.0 Å². The van der Waals surface area contributed by atoms with Crippen molar-refractivity contribution in [3.8, 4) is 5.75 Å². The number of aldehydes is 1. The maximum Gasteiger partial charge on any atom is 0.180 e. The first-order valence-corrected chi connectivity index (χ1v) is 8.10. The summed E-state index contributed by atoms with van der Waals surface area (Å²) >= 11 is 1.96. The van der Waals surface area contributed by atoms with E-state index in [0.29, 0.717) is 10.9 Å². The summed E-state index contributed by atoms with van der Waals surface area (Å²) in [5.41, 5.74) is 3.06. The van der Waals surface area contributed by atoms with E-state index in [9.17, 15) is 4.79 Å². The monoisotopic (exact) mass is 297 g/mol. The number of thioether (sulfide) groups is 1. The number of rotatable bonds is 2. The summed E-state index contributed by atoms with van der Waals surface area (Å²) in [4.78, 5) is 13.2. The topological polar surface area (TPSA) is 29.5 Å². The van der Waals surface area contributed by atoms with Gasteiger partial charge in [-0.3, -0.25) is 4.79 Å². The number of hydrogen-bond acceptors (Lipinski definition) is 4. The molecule has 2 atom stereocenters. The molecule has 2 aromatic carbocycles. The van der Waals surface area contributed by atoms with E-state index in [2.05, 4.69) is 17.0 Å². The van der Waals surface area contributed by atoms with E-state index in [4.69, 9.17) is 4.74 Å². The Labute approximate surface area is 127 Å². The number of carbonyl (C=O) groups is 1. The maximum absolute atomic E-state index is 10.8. The van der Waals surface area contributed by atoms with Crippen molar-refractivity contribution in [3.63, 3.8) is 0 Å². The molecular formula is C17H15NO2S. The third-order valence-corrected chi connectivity index (χ3v) is 5.27. The van der Waals surface area contributed by atoms with E-state index in [1.807, 2.05) is 48.2 Å². The highest BCUT2D eigenvalue weighted by atomic mass is 32.2. The van der Waals surface area contributed by atoms with Crippen LogP contribution in [0.5, 0.6) is 5.75 Å². The highest BCUT2D eigenvalue weighted by molar-refractivity contribution is 7.99. The van der Waals surface area contributed by atoms with Crippen LogP contribution in [-0.4, -0.2) is 23.5 Å². The van der Waals surface area contributed by atoms with Gasteiger partial charge in [0.05, 0.1) is 5.37 Å². The minimum Gasteiger partial charge on any atom is -0.470 e. The molecule has 0 spiro atoms. The van der Waals surface area contributed by atoms with Gasteiger partial charge < -0.3 is 4.74 Å². The second-order valence-corrected chi connectivity index (χ2v) is 6.44. The molecule has 2 aliphatic rings. The zero-order valence-electron chi connectivity index (χ0n) is 11.4. The van der Waals surface area contributed by atoms with E-state index in [-0.39, 0.29) is 6.23 Å². The molecule has 106 valence electrons. The van der Waals surface area contributed by atoms with Crippen LogP contribution in [-0.2, 0) is 0 Å². The number of fused-ring (bicyclic) bond motifs is 3. The fourth-order valence-corrected chi connectivity index (χ4v) is 4.29. The van der Waals surface area contributed by atoms with Gasteiger partial charge in [0.25, 0.3) is 0 Å². The predicted octanol–water partition coefficient (Wildman–Crippen LogP) is 3.64. The lowest BCUT2D eigenvalue weighted by Gasteiger charge is -2.38. The van der Waals surface area contributed by atoms with Gasteiger partial charge in [-0.2, -0.15) is 0 Å². The number of carbonyl (C=O) groups excluding carboxylic acids is 1. The fraction of sp³-hybridized carbons (Fsp3) is 0.235. The number of nitrogens with zero attached hydrogens (tertiary/aromatic N) is 1. The van der Waals surface area contributed by atoms with E-state index in [1.165, 1.54) is 5.56 Å². The van der Waals surface area contributed by atoms with E-state index in [0.717, 1.165) is 29.9 Å². The van der Waals surface area contributed by atoms with Crippen LogP contribution in [0.3, 0.4) is 0 Å². The van der Waals surface area contributed by atoms with Gasteiger partial charge in [-0.1, -0.05) is 42.5 Å². The Morgan fingerprint density at radius 1 is 1.14 bits per heavy atom. The second kappa shape index (κ2) is 5.20. The summed E-state index contributed by atoms with van der Waals surface area (Å²) in [6.07, 6.45) is 0.801. The van der Waals surface area contributed by atoms with Crippen LogP contribution >= 0.6 is 11.8 Å². The number of hydrogen-bond donors (Lipinski definition) is 0. The predicted molar refractivity (Wildman–Crippen MR) is 83.5 cm³/mol. The molecule has 2 aromatic rings. The molecule has 0 aliphatic carbocycles. The Kier molecular flexibility index (Phi) is 3.20. The molecule has 4 heteroatoms. The Hall–Kier alpha value is -1.78. The van der Waals surface area contributed by atoms with Crippen LogP contribution in [0.4, 0.5) is 0 Å². The molecule has 1 fully saturated rings. The molecular weight excluding hydrogens is 282 g/mol. The summed E-state index contributed by atoms with van der Waals surface area (Å²) in [5.74, 6) is 2.09. The molecule has 21 heavy (non-hydrogen) atoms. The van der Waals surface area contributed by atoms with Crippen molar-refractivity contribution >= 4 is 18.0 Å². The second-order valence-electron chi connectivity index (χ2n) is 5.25. The number of para-hydroxylation sites is 1. The standard InChI is InChI=1S/C17H15NO2S/c19-11-12-5-7-13(8-6-12)16-18-9-10-21-17(18)14-3-1-2-4-15(14)20-16/h1-8,11,16-17H,9-10H2. The zero-order chi connectivity index (χ0) is 14.2. The Morgan fingerprint density at radius 3 is 2.76 bits per heavy atom. The lowest BCUT2D eigenvalue weighted by molar-refractivity contribution is 0.00472. The van der Waals surface area contributed by atoms with Gasteiger partial charge in [0.2, 0.25) is 0 Å². The maximum atomic E-state index is 10.8. The van der Waals surface area contributed by atoms with Crippen LogP contribution in [0.25, 0.3) is 0 Å². The van der Waals surface area contributed by atoms with Crippen molar-refractivity contribution in [2.75, 3.05) is 12.3 Å². The normalized spacial score (nSPS) is 24.0. The van der Waals surface area contributed by atoms with Crippen LogP contribution in [0, 0.1) is 0 Å². The smallest absolute Gasteiger partial charge is 0.180 e. The lowest BCUT2D eigenvalue weighted by Crippen LogP contribution is -2.35. The first-order chi connectivity index (χ1) is 10.4. The summed E-state index contributed by atoms with van der Waals surface area (Å²) in [5, 5.41) is 0.366. The average molecular weight is 297 g/mol. The molecule has 2 heterocycles. The van der Waals surface area contributed by atoms with Crippen LogP contribution < -0.4 is 4.74 Å². The van der Waals surface area contributed by atoms with Crippen molar-refractivity contribution in [2.45, 2.75) is 11.6 Å². The molecule has 0 bridgehead atoms. The minimum atomic E-state index is -0.0689. The molecule has 2 aliphatic heterocycles. The zero-order valence-corrected chi connectivity index (χ0v) is 12.3. The van der Waals surface area contributed by atoms with Gasteiger partial charge in [-0.25, -0.2) is 4.90 Å². The van der Waals surface area contributed by atoms with Gasteiger partial charge in [-0.15, -0.1) is 11.8 Å². The summed E-state index contributed by atoms with van der Waals surface area (Å²) in [6, 6.07) is 16.0. The van der Waals surface area contributed by atoms with Gasteiger partial charge in [0.15, 0.2) is 6.23 Å². The highest BCUT2D eigenvalue weighted by Gasteiger charge is 2.39. The third-order valence-electron chi connectivity index (χ3n) is 4.01. The first kappa shape index (κ1) is 12.9. The Bertz CT molecular complexity index is 671. The molecule has 0 amide bonds. The van der Waals surface area contributed by atoms with Crippen molar-refractivity contribution in [3.05, 3.63) is 65.2 Å². The Morgan fingerprint density at radius 2 is 1.95 bits per heavy atom. The molecule has 0 radical (unpaired) electrons. The van der Waals surface area contributed by atoms with Crippen LogP contribution in [0.1, 0.15) is 33.1 Å². The van der Waals surface area contributed by atoms with Gasteiger partial charge >= 0.3 is 0 Å². The minimum absolute atomic E-state index is 0.0689. The first-order valence-electron chi connectivity index (χ1n) is 7.05. The van der Waals surface area contributed by atoms with E-state index < -0.39 is 0 Å². The highest BCUT2D eigenvalue weighted by Crippen LogP contribution is 2.50. The summed E-state index contributed by atoms with van der Waals surface area (Å²) in [6.45, 7) is 1.02. The third kappa shape index (κ3) is 2.15. The molecule has 4 rings (SSSR count). The molecule has 0 saturated carbocycles.